The maximum atomic E-state index is 13.1. The van der Waals surface area contributed by atoms with Crippen LogP contribution in [0.4, 0.5) is 5.13 Å². The van der Waals surface area contributed by atoms with E-state index < -0.39 is 16.0 Å². The normalized spacial score (nSPS) is 15.6. The van der Waals surface area contributed by atoms with E-state index in [1.54, 1.807) is 25.1 Å². The van der Waals surface area contributed by atoms with Crippen molar-refractivity contribution in [1.82, 2.24) is 9.29 Å². The topological polar surface area (TPSA) is 106 Å². The molecule has 0 saturated carbocycles. The Bertz CT molecular complexity index is 1280. The van der Waals surface area contributed by atoms with Crippen molar-refractivity contribution in [3.05, 3.63) is 53.0 Å². The number of ether oxygens (including phenoxy) is 1. The minimum absolute atomic E-state index is 0.224. The summed E-state index contributed by atoms with van der Waals surface area (Å²) in [4.78, 5) is 29.2. The minimum Gasteiger partial charge on any atom is -0.465 e. The van der Waals surface area contributed by atoms with E-state index in [2.05, 4.69) is 10.3 Å². The van der Waals surface area contributed by atoms with Crippen LogP contribution < -0.4 is 5.32 Å². The minimum atomic E-state index is -3.64. The molecule has 2 aromatic carbocycles. The number of hydrogen-bond acceptors (Lipinski definition) is 7. The van der Waals surface area contributed by atoms with Crippen LogP contribution in [-0.2, 0) is 19.6 Å². The van der Waals surface area contributed by atoms with Gasteiger partial charge in [0.15, 0.2) is 5.13 Å². The third-order valence-corrected chi connectivity index (χ3v) is 8.53. The fourth-order valence-electron chi connectivity index (χ4n) is 3.77. The van der Waals surface area contributed by atoms with E-state index >= 15 is 0 Å². The first kappa shape index (κ1) is 22.4. The number of aryl methyl sites for hydroxylation is 1. The Morgan fingerprint density at radius 2 is 1.81 bits per heavy atom. The number of nitrogens with one attached hydrogen (secondary N) is 1. The van der Waals surface area contributed by atoms with Crippen LogP contribution in [0.1, 0.15) is 28.2 Å². The highest BCUT2D eigenvalue weighted by atomic mass is 32.2. The number of fused-ring (bicyclic) bond motifs is 1. The van der Waals surface area contributed by atoms with Gasteiger partial charge in [0.25, 0.3) is 0 Å². The second kappa shape index (κ2) is 8.97. The van der Waals surface area contributed by atoms with Crippen molar-refractivity contribution in [3.63, 3.8) is 0 Å². The molecule has 1 aliphatic heterocycles. The molecule has 0 atom stereocenters. The monoisotopic (exact) mass is 473 g/mol. The first-order chi connectivity index (χ1) is 15.3. The van der Waals surface area contributed by atoms with Gasteiger partial charge in [-0.05, 0) is 42.7 Å². The number of carbonyl (C=O) groups is 2. The molecular formula is C22H23N3O5S2. The maximum absolute atomic E-state index is 13.1. The van der Waals surface area contributed by atoms with Crippen LogP contribution in [0.3, 0.4) is 0 Å². The molecule has 1 fully saturated rings. The van der Waals surface area contributed by atoms with Gasteiger partial charge < -0.3 is 10.1 Å². The zero-order chi connectivity index (χ0) is 22.9. The Morgan fingerprint density at radius 3 is 2.50 bits per heavy atom. The van der Waals surface area contributed by atoms with Crippen molar-refractivity contribution in [2.24, 2.45) is 5.92 Å². The number of carbonyl (C=O) groups excluding carboxylic acids is 2. The average Bonchev–Trinajstić information content (AvgIpc) is 3.18. The molecule has 8 nitrogen and oxygen atoms in total. The van der Waals surface area contributed by atoms with E-state index in [9.17, 15) is 18.0 Å². The average molecular weight is 474 g/mol. The summed E-state index contributed by atoms with van der Waals surface area (Å²) in [6, 6.07) is 12.7. The predicted molar refractivity (Wildman–Crippen MR) is 122 cm³/mol. The van der Waals surface area contributed by atoms with Gasteiger partial charge in [-0.25, -0.2) is 18.2 Å². The second-order valence-corrected chi connectivity index (χ2v) is 10.5. The van der Waals surface area contributed by atoms with E-state index in [1.807, 2.05) is 24.3 Å². The molecule has 3 aromatic rings. The van der Waals surface area contributed by atoms with Crippen molar-refractivity contribution in [1.29, 1.82) is 0 Å². The third-order valence-electron chi connectivity index (χ3n) is 5.58. The summed E-state index contributed by atoms with van der Waals surface area (Å²) in [7, 11) is -2.35. The van der Waals surface area contributed by atoms with Crippen LogP contribution in [-0.4, -0.2) is 49.8 Å². The zero-order valence-corrected chi connectivity index (χ0v) is 19.3. The Kier molecular flexibility index (Phi) is 6.27. The van der Waals surface area contributed by atoms with Gasteiger partial charge in [-0.3, -0.25) is 4.79 Å². The molecule has 10 heteroatoms. The van der Waals surface area contributed by atoms with Gasteiger partial charge in [0.05, 0.1) is 17.7 Å². The molecule has 0 unspecified atom stereocenters. The first-order valence-electron chi connectivity index (χ1n) is 10.1. The molecule has 2 heterocycles. The fourth-order valence-corrected chi connectivity index (χ4v) is 6.17. The summed E-state index contributed by atoms with van der Waals surface area (Å²) in [5.74, 6) is -1.05. The van der Waals surface area contributed by atoms with Crippen LogP contribution >= 0.6 is 11.3 Å². The molecule has 168 valence electrons. The maximum Gasteiger partial charge on any atom is 0.350 e. The highest BCUT2D eigenvalue weighted by Gasteiger charge is 2.32. The van der Waals surface area contributed by atoms with Gasteiger partial charge >= 0.3 is 5.97 Å². The summed E-state index contributed by atoms with van der Waals surface area (Å²) in [6.45, 7) is 2.20. The lowest BCUT2D eigenvalue weighted by Gasteiger charge is -2.30. The van der Waals surface area contributed by atoms with E-state index in [-0.39, 0.29) is 29.8 Å². The molecule has 32 heavy (non-hydrogen) atoms. The number of esters is 1. The number of thiazole rings is 1. The highest BCUT2D eigenvalue weighted by Crippen LogP contribution is 2.28. The molecule has 1 saturated heterocycles. The summed E-state index contributed by atoms with van der Waals surface area (Å²) in [6.07, 6.45) is 0.819. The van der Waals surface area contributed by atoms with Crippen LogP contribution in [0, 0.1) is 12.8 Å². The number of piperidine rings is 1. The molecule has 1 aromatic heterocycles. The van der Waals surface area contributed by atoms with Gasteiger partial charge in [0.2, 0.25) is 15.9 Å². The number of nitrogens with zero attached hydrogens (tertiary/aromatic N) is 2. The lowest BCUT2D eigenvalue weighted by atomic mass is 9.97. The molecule has 0 radical (unpaired) electrons. The van der Waals surface area contributed by atoms with Crippen LogP contribution in [0.5, 0.6) is 0 Å². The quantitative estimate of drug-likeness (QED) is 0.569. The molecule has 0 aliphatic carbocycles. The zero-order valence-electron chi connectivity index (χ0n) is 17.7. The lowest BCUT2D eigenvalue weighted by molar-refractivity contribution is -0.120. The SMILES string of the molecule is COC(=O)c1sc(NC(=O)C2CCN(S(=O)(=O)c3ccc4ccccc4c3)CC2)nc1C. The Hall–Kier alpha value is -2.82. The van der Waals surface area contributed by atoms with E-state index in [0.717, 1.165) is 22.1 Å². The smallest absolute Gasteiger partial charge is 0.350 e. The van der Waals surface area contributed by atoms with Gasteiger partial charge in [0, 0.05) is 19.0 Å². The molecule has 0 spiro atoms. The molecule has 1 amide bonds. The number of benzene rings is 2. The number of anilines is 1. The standard InChI is InChI=1S/C22H23N3O5S2/c1-14-19(21(27)30-2)31-22(23-14)24-20(26)16-9-11-25(12-10-16)32(28,29)18-8-7-15-5-3-4-6-17(15)13-18/h3-8,13,16H,9-12H2,1-2H3,(H,23,24,26). The molecule has 4 rings (SSSR count). The summed E-state index contributed by atoms with van der Waals surface area (Å²) in [5.41, 5.74) is 0.494. The number of hydrogen-bond donors (Lipinski definition) is 1. The number of sulfonamides is 1. The number of amides is 1. The summed E-state index contributed by atoms with van der Waals surface area (Å²) in [5, 5.41) is 4.93. The van der Waals surface area contributed by atoms with Crippen molar-refractivity contribution >= 4 is 49.1 Å². The Labute approximate surface area is 190 Å². The van der Waals surface area contributed by atoms with Crippen LogP contribution in [0.15, 0.2) is 47.4 Å². The molecule has 1 N–H and O–H groups in total. The van der Waals surface area contributed by atoms with Gasteiger partial charge in [0.1, 0.15) is 4.88 Å². The van der Waals surface area contributed by atoms with E-state index in [4.69, 9.17) is 4.74 Å². The van der Waals surface area contributed by atoms with Gasteiger partial charge in [-0.2, -0.15) is 4.31 Å². The third kappa shape index (κ3) is 4.38. The fraction of sp³-hybridized carbons (Fsp3) is 0.318. The summed E-state index contributed by atoms with van der Waals surface area (Å²) >= 11 is 1.06. The van der Waals surface area contributed by atoms with E-state index in [1.165, 1.54) is 11.4 Å². The number of rotatable bonds is 5. The number of methoxy groups -OCH3 is 1. The molecule has 1 aliphatic rings. The Balaban J connectivity index is 1.41. The largest absolute Gasteiger partial charge is 0.465 e. The van der Waals surface area contributed by atoms with E-state index in [0.29, 0.717) is 28.5 Å². The van der Waals surface area contributed by atoms with Gasteiger partial charge in [-0.15, -0.1) is 0 Å². The molecule has 0 bridgehead atoms. The van der Waals surface area contributed by atoms with Crippen LogP contribution in [0.2, 0.25) is 0 Å². The summed E-state index contributed by atoms with van der Waals surface area (Å²) < 4.78 is 32.4. The lowest BCUT2D eigenvalue weighted by Crippen LogP contribution is -2.41. The highest BCUT2D eigenvalue weighted by molar-refractivity contribution is 7.89. The van der Waals surface area contributed by atoms with Crippen molar-refractivity contribution in [2.45, 2.75) is 24.7 Å². The van der Waals surface area contributed by atoms with Crippen LogP contribution in [0.25, 0.3) is 10.8 Å². The first-order valence-corrected chi connectivity index (χ1v) is 12.4. The van der Waals surface area contributed by atoms with Gasteiger partial charge in [-0.1, -0.05) is 41.7 Å². The van der Waals surface area contributed by atoms with Crippen molar-refractivity contribution < 1.29 is 22.7 Å². The van der Waals surface area contributed by atoms with Crippen molar-refractivity contribution in [2.75, 3.05) is 25.5 Å². The Morgan fingerprint density at radius 1 is 1.12 bits per heavy atom. The van der Waals surface area contributed by atoms with Crippen molar-refractivity contribution in [3.8, 4) is 0 Å². The molecular weight excluding hydrogens is 450 g/mol. The second-order valence-electron chi connectivity index (χ2n) is 7.60. The number of aromatic nitrogens is 1. The predicted octanol–water partition coefficient (Wildman–Crippen LogP) is 3.43.